The summed E-state index contributed by atoms with van der Waals surface area (Å²) in [7, 11) is 0. The van der Waals surface area contributed by atoms with Gasteiger partial charge in [0.2, 0.25) is 0 Å². The van der Waals surface area contributed by atoms with Crippen LogP contribution in [0.3, 0.4) is 0 Å². The van der Waals surface area contributed by atoms with Crippen molar-refractivity contribution in [1.82, 2.24) is 0 Å². The lowest BCUT2D eigenvalue weighted by Gasteiger charge is -2.15. The Morgan fingerprint density at radius 1 is 0.667 bits per heavy atom. The highest BCUT2D eigenvalue weighted by atomic mass is 16.5. The van der Waals surface area contributed by atoms with E-state index in [4.69, 9.17) is 10.5 Å². The van der Waals surface area contributed by atoms with Crippen LogP contribution in [0.15, 0.2) is 91.0 Å². The van der Waals surface area contributed by atoms with E-state index in [1.807, 2.05) is 24.3 Å². The standard InChI is InChI=1S/C25H19NO/c26-19-10-12-20(13-11-19)27-24-15-14-21(17-6-2-1-3-7-17)23-16-18-8-4-5-9-22(18)25(23)24/h1-15H,16,26H2. The number of hydrogen-bond acceptors (Lipinski definition) is 2. The number of fused-ring (bicyclic) bond motifs is 3. The van der Waals surface area contributed by atoms with Gasteiger partial charge in [-0.2, -0.15) is 0 Å². The largest absolute Gasteiger partial charge is 0.457 e. The molecule has 130 valence electrons. The molecule has 2 N–H and O–H groups in total. The molecule has 0 saturated heterocycles. The van der Waals surface area contributed by atoms with Gasteiger partial charge in [-0.1, -0.05) is 60.7 Å². The van der Waals surface area contributed by atoms with E-state index in [1.54, 1.807) is 0 Å². The van der Waals surface area contributed by atoms with Crippen molar-refractivity contribution in [2.45, 2.75) is 6.42 Å². The zero-order chi connectivity index (χ0) is 18.2. The van der Waals surface area contributed by atoms with Crippen molar-refractivity contribution < 1.29 is 4.74 Å². The van der Waals surface area contributed by atoms with E-state index in [0.717, 1.165) is 23.6 Å². The van der Waals surface area contributed by atoms with E-state index in [0.29, 0.717) is 0 Å². The van der Waals surface area contributed by atoms with Crippen LogP contribution in [0, 0.1) is 0 Å². The average Bonchev–Trinajstić information content (AvgIpc) is 3.10. The fourth-order valence-corrected chi connectivity index (χ4v) is 3.85. The third-order valence-corrected chi connectivity index (χ3v) is 5.12. The second-order valence-corrected chi connectivity index (χ2v) is 6.84. The predicted octanol–water partition coefficient (Wildman–Crippen LogP) is 6.30. The summed E-state index contributed by atoms with van der Waals surface area (Å²) in [5, 5.41) is 0. The van der Waals surface area contributed by atoms with Gasteiger partial charge in [-0.15, -0.1) is 0 Å². The van der Waals surface area contributed by atoms with E-state index < -0.39 is 0 Å². The monoisotopic (exact) mass is 349 g/mol. The van der Waals surface area contributed by atoms with Gasteiger partial charge in [0.05, 0.1) is 0 Å². The zero-order valence-electron chi connectivity index (χ0n) is 14.9. The summed E-state index contributed by atoms with van der Waals surface area (Å²) in [6, 6.07) is 30.9. The number of nitrogens with two attached hydrogens (primary N) is 1. The van der Waals surface area contributed by atoms with Crippen LogP contribution in [0.4, 0.5) is 5.69 Å². The van der Waals surface area contributed by atoms with Gasteiger partial charge < -0.3 is 10.5 Å². The maximum Gasteiger partial charge on any atom is 0.135 e. The van der Waals surface area contributed by atoms with Crippen LogP contribution < -0.4 is 10.5 Å². The minimum Gasteiger partial charge on any atom is -0.457 e. The number of hydrogen-bond donors (Lipinski definition) is 1. The molecule has 0 amide bonds. The van der Waals surface area contributed by atoms with Crippen molar-refractivity contribution in [2.75, 3.05) is 5.73 Å². The molecule has 0 aromatic heterocycles. The molecule has 5 rings (SSSR count). The molecule has 1 aliphatic rings. The molecule has 4 aromatic carbocycles. The van der Waals surface area contributed by atoms with E-state index in [-0.39, 0.29) is 0 Å². The van der Waals surface area contributed by atoms with Crippen LogP contribution in [-0.4, -0.2) is 0 Å². The first-order chi connectivity index (χ1) is 13.3. The summed E-state index contributed by atoms with van der Waals surface area (Å²) in [4.78, 5) is 0. The van der Waals surface area contributed by atoms with Crippen LogP contribution in [0.2, 0.25) is 0 Å². The highest BCUT2D eigenvalue weighted by Gasteiger charge is 2.25. The summed E-state index contributed by atoms with van der Waals surface area (Å²) in [6.45, 7) is 0. The van der Waals surface area contributed by atoms with Crippen molar-refractivity contribution in [3.8, 4) is 33.8 Å². The van der Waals surface area contributed by atoms with Crippen molar-refractivity contribution in [3.63, 3.8) is 0 Å². The van der Waals surface area contributed by atoms with Gasteiger partial charge in [-0.25, -0.2) is 0 Å². The van der Waals surface area contributed by atoms with Crippen molar-refractivity contribution in [1.29, 1.82) is 0 Å². The van der Waals surface area contributed by atoms with Crippen LogP contribution in [0.5, 0.6) is 11.5 Å². The van der Waals surface area contributed by atoms with E-state index >= 15 is 0 Å². The molecule has 1 aliphatic carbocycles. The second-order valence-electron chi connectivity index (χ2n) is 6.84. The molecule has 0 heterocycles. The Balaban J connectivity index is 1.67. The average molecular weight is 349 g/mol. The van der Waals surface area contributed by atoms with Crippen molar-refractivity contribution in [2.24, 2.45) is 0 Å². The Kier molecular flexibility index (Phi) is 3.68. The second kappa shape index (κ2) is 6.33. The fraction of sp³-hybridized carbons (Fsp3) is 0.0400. The number of ether oxygens (including phenoxy) is 1. The first-order valence-electron chi connectivity index (χ1n) is 9.12. The molecule has 0 aliphatic heterocycles. The Morgan fingerprint density at radius 2 is 1.41 bits per heavy atom. The summed E-state index contributed by atoms with van der Waals surface area (Å²) in [5.41, 5.74) is 14.2. The molecule has 0 saturated carbocycles. The molecule has 0 unspecified atom stereocenters. The lowest BCUT2D eigenvalue weighted by molar-refractivity contribution is 0.484. The van der Waals surface area contributed by atoms with Gasteiger partial charge in [0.1, 0.15) is 11.5 Å². The maximum atomic E-state index is 6.27. The van der Waals surface area contributed by atoms with E-state index in [9.17, 15) is 0 Å². The van der Waals surface area contributed by atoms with Crippen LogP contribution in [-0.2, 0) is 6.42 Å². The molecule has 0 fully saturated rings. The number of rotatable bonds is 3. The Hall–Kier alpha value is -3.52. The summed E-state index contributed by atoms with van der Waals surface area (Å²) < 4.78 is 6.27. The highest BCUT2D eigenvalue weighted by Crippen LogP contribution is 2.47. The molecule has 0 atom stereocenters. The minimum atomic E-state index is 0.734. The van der Waals surface area contributed by atoms with Crippen molar-refractivity contribution in [3.05, 3.63) is 102 Å². The molecule has 2 nitrogen and oxygen atoms in total. The molecule has 0 radical (unpaired) electrons. The Labute approximate surface area is 158 Å². The van der Waals surface area contributed by atoms with Gasteiger partial charge in [0.25, 0.3) is 0 Å². The number of nitrogen functional groups attached to an aromatic ring is 1. The van der Waals surface area contributed by atoms with Gasteiger partial charge in [-0.3, -0.25) is 0 Å². The van der Waals surface area contributed by atoms with Gasteiger partial charge in [0, 0.05) is 11.3 Å². The van der Waals surface area contributed by atoms with Crippen molar-refractivity contribution >= 4 is 5.69 Å². The molecule has 0 spiro atoms. The van der Waals surface area contributed by atoms with Gasteiger partial charge in [0.15, 0.2) is 0 Å². The predicted molar refractivity (Wildman–Crippen MR) is 111 cm³/mol. The maximum absolute atomic E-state index is 6.27. The molecular formula is C25H19NO. The quantitative estimate of drug-likeness (QED) is 0.388. The van der Waals surface area contributed by atoms with Gasteiger partial charge >= 0.3 is 0 Å². The van der Waals surface area contributed by atoms with E-state index in [2.05, 4.69) is 66.7 Å². The Morgan fingerprint density at radius 3 is 2.22 bits per heavy atom. The first-order valence-corrected chi connectivity index (χ1v) is 9.12. The molecule has 2 heteroatoms. The summed E-state index contributed by atoms with van der Waals surface area (Å²) in [5.74, 6) is 1.68. The van der Waals surface area contributed by atoms with Crippen LogP contribution in [0.25, 0.3) is 22.3 Å². The number of anilines is 1. The molecule has 0 bridgehead atoms. The highest BCUT2D eigenvalue weighted by molar-refractivity contribution is 5.88. The normalized spacial score (nSPS) is 11.7. The molecule has 27 heavy (non-hydrogen) atoms. The summed E-state index contributed by atoms with van der Waals surface area (Å²) >= 11 is 0. The lowest BCUT2D eigenvalue weighted by Crippen LogP contribution is -1.93. The van der Waals surface area contributed by atoms with E-state index in [1.165, 1.54) is 33.4 Å². The summed E-state index contributed by atoms with van der Waals surface area (Å²) in [6.07, 6.45) is 0.925. The van der Waals surface area contributed by atoms with Crippen LogP contribution >= 0.6 is 0 Å². The third-order valence-electron chi connectivity index (χ3n) is 5.12. The third kappa shape index (κ3) is 2.76. The van der Waals surface area contributed by atoms with Gasteiger partial charge in [-0.05, 0) is 64.6 Å². The zero-order valence-corrected chi connectivity index (χ0v) is 14.9. The SMILES string of the molecule is Nc1ccc(Oc2ccc(-c3ccccc3)c3c2-c2ccccc2C3)cc1. The minimum absolute atomic E-state index is 0.734. The number of benzene rings is 4. The lowest BCUT2D eigenvalue weighted by atomic mass is 9.95. The van der Waals surface area contributed by atoms with Crippen LogP contribution in [0.1, 0.15) is 11.1 Å². The first kappa shape index (κ1) is 15.7. The Bertz CT molecular complexity index is 1110. The molecule has 4 aromatic rings. The fourth-order valence-electron chi connectivity index (χ4n) is 3.85. The smallest absolute Gasteiger partial charge is 0.135 e. The molecular weight excluding hydrogens is 330 g/mol. The topological polar surface area (TPSA) is 35.2 Å².